The van der Waals surface area contributed by atoms with E-state index >= 15 is 0 Å². The maximum absolute atomic E-state index is 10.9. The molecule has 0 saturated carbocycles. The molecule has 0 spiro atoms. The van der Waals surface area contributed by atoms with Gasteiger partial charge in [0, 0.05) is 11.5 Å². The highest BCUT2D eigenvalue weighted by Gasteiger charge is 2.18. The predicted molar refractivity (Wildman–Crippen MR) is 97.0 cm³/mol. The van der Waals surface area contributed by atoms with Crippen molar-refractivity contribution >= 4 is 39.3 Å². The molecule has 0 aliphatic rings. The zero-order valence-electron chi connectivity index (χ0n) is 14.3. The zero-order chi connectivity index (χ0) is 18.4. The van der Waals surface area contributed by atoms with Gasteiger partial charge >= 0.3 is 5.97 Å². The highest BCUT2D eigenvalue weighted by molar-refractivity contribution is 6.07. The second-order valence-corrected chi connectivity index (χ2v) is 6.78. The first kappa shape index (κ1) is 16.9. The third-order valence-corrected chi connectivity index (χ3v) is 3.93. The summed E-state index contributed by atoms with van der Waals surface area (Å²) in [5.74, 6) is -0.696. The van der Waals surface area contributed by atoms with Gasteiger partial charge in [0.1, 0.15) is 5.52 Å². The molecule has 3 aromatic rings. The molecule has 0 radical (unpaired) electrons. The summed E-state index contributed by atoms with van der Waals surface area (Å²) in [4.78, 5) is 19.6. The third kappa shape index (κ3) is 3.32. The molecule has 130 valence electrons. The molecule has 0 aliphatic carbocycles. The Morgan fingerprint density at radius 1 is 1.40 bits per heavy atom. The number of hydrogen-bond donors (Lipinski definition) is 3. The van der Waals surface area contributed by atoms with Crippen LogP contribution in [0.5, 0.6) is 0 Å². The van der Waals surface area contributed by atoms with E-state index in [1.54, 1.807) is 33.2 Å². The van der Waals surface area contributed by atoms with E-state index in [1.165, 1.54) is 0 Å². The highest BCUT2D eigenvalue weighted by atomic mass is 16.4. The zero-order valence-corrected chi connectivity index (χ0v) is 14.3. The predicted octanol–water partition coefficient (Wildman–Crippen LogP) is 2.43. The normalized spacial score (nSPS) is 12.9. The van der Waals surface area contributed by atoms with E-state index in [-0.39, 0.29) is 0 Å². The van der Waals surface area contributed by atoms with Gasteiger partial charge in [-0.1, -0.05) is 12.1 Å². The topological polar surface area (TPSA) is 114 Å². The standard InChI is InChI=1S/C18H20N4O3/c1-10(6-14(23)24)11-4-5-12-13(7-11)21-17(19)15-16(12)22(9-20-15)8-18(2,3)25/h4-7,9,25H,8H2,1-3H3,(H2,19,21)(H,23,24)/b10-6+. The Hall–Kier alpha value is -2.93. The van der Waals surface area contributed by atoms with Crippen LogP contribution in [0.15, 0.2) is 30.6 Å². The molecule has 7 heteroatoms. The summed E-state index contributed by atoms with van der Waals surface area (Å²) < 4.78 is 1.86. The van der Waals surface area contributed by atoms with Gasteiger partial charge in [-0.15, -0.1) is 0 Å². The Labute approximate surface area is 144 Å². The number of rotatable bonds is 4. The van der Waals surface area contributed by atoms with Gasteiger partial charge in [0.2, 0.25) is 0 Å². The summed E-state index contributed by atoms with van der Waals surface area (Å²) in [6, 6.07) is 5.53. The minimum Gasteiger partial charge on any atom is -0.478 e. The molecule has 2 heterocycles. The van der Waals surface area contributed by atoms with Crippen LogP contribution >= 0.6 is 0 Å². The van der Waals surface area contributed by atoms with Gasteiger partial charge in [-0.05, 0) is 38.0 Å². The van der Waals surface area contributed by atoms with Crippen molar-refractivity contribution < 1.29 is 15.0 Å². The van der Waals surface area contributed by atoms with Crippen LogP contribution in [0.1, 0.15) is 26.3 Å². The molecule has 2 aromatic heterocycles. The number of allylic oxidation sites excluding steroid dienone is 1. The van der Waals surface area contributed by atoms with Crippen molar-refractivity contribution in [3.8, 4) is 0 Å². The Bertz CT molecular complexity index is 1010. The summed E-state index contributed by atoms with van der Waals surface area (Å²) in [5.41, 5.74) is 8.57. The van der Waals surface area contributed by atoms with Crippen LogP contribution in [0, 0.1) is 0 Å². The molecule has 0 atom stereocenters. The first-order valence-electron chi connectivity index (χ1n) is 7.84. The van der Waals surface area contributed by atoms with Crippen molar-refractivity contribution in [1.29, 1.82) is 0 Å². The third-order valence-electron chi connectivity index (χ3n) is 3.93. The molecule has 25 heavy (non-hydrogen) atoms. The minimum atomic E-state index is -0.997. The second-order valence-electron chi connectivity index (χ2n) is 6.78. The van der Waals surface area contributed by atoms with Crippen molar-refractivity contribution in [3.05, 3.63) is 36.2 Å². The maximum Gasteiger partial charge on any atom is 0.328 e. The van der Waals surface area contributed by atoms with E-state index in [0.717, 1.165) is 22.5 Å². The van der Waals surface area contributed by atoms with Crippen LogP contribution < -0.4 is 5.73 Å². The van der Waals surface area contributed by atoms with Crippen molar-refractivity contribution in [1.82, 2.24) is 14.5 Å². The van der Waals surface area contributed by atoms with Crippen molar-refractivity contribution in [3.63, 3.8) is 0 Å². The van der Waals surface area contributed by atoms with Gasteiger partial charge in [-0.2, -0.15) is 0 Å². The number of benzene rings is 1. The summed E-state index contributed by atoms with van der Waals surface area (Å²) in [6.07, 6.45) is 2.80. The number of pyridine rings is 1. The van der Waals surface area contributed by atoms with Gasteiger partial charge < -0.3 is 20.5 Å². The molecular formula is C18H20N4O3. The van der Waals surface area contributed by atoms with Crippen molar-refractivity contribution in [2.75, 3.05) is 5.73 Å². The number of aromatic nitrogens is 3. The number of hydrogen-bond acceptors (Lipinski definition) is 5. The minimum absolute atomic E-state index is 0.300. The maximum atomic E-state index is 10.9. The van der Waals surface area contributed by atoms with Crippen LogP contribution in [0.3, 0.4) is 0 Å². The molecule has 1 aromatic carbocycles. The lowest BCUT2D eigenvalue weighted by Gasteiger charge is -2.18. The van der Waals surface area contributed by atoms with Crippen LogP contribution in [0.4, 0.5) is 5.82 Å². The molecule has 3 rings (SSSR count). The quantitative estimate of drug-likeness (QED) is 0.628. The number of nitrogen functional groups attached to an aromatic ring is 1. The Morgan fingerprint density at radius 3 is 2.76 bits per heavy atom. The number of carboxylic acid groups (broad SMARTS) is 1. The molecule has 0 amide bonds. The lowest BCUT2D eigenvalue weighted by atomic mass is 10.0. The fourth-order valence-electron chi connectivity index (χ4n) is 2.91. The molecule has 0 aliphatic heterocycles. The van der Waals surface area contributed by atoms with Gasteiger partial charge in [-0.25, -0.2) is 14.8 Å². The molecule has 0 saturated heterocycles. The number of anilines is 1. The molecular weight excluding hydrogens is 320 g/mol. The van der Waals surface area contributed by atoms with E-state index in [1.807, 2.05) is 16.7 Å². The van der Waals surface area contributed by atoms with Crippen LogP contribution in [0.25, 0.3) is 27.5 Å². The summed E-state index contributed by atoms with van der Waals surface area (Å²) in [6.45, 7) is 5.55. The van der Waals surface area contributed by atoms with Gasteiger partial charge in [0.05, 0.1) is 29.5 Å². The summed E-state index contributed by atoms with van der Waals surface area (Å²) in [5, 5.41) is 19.9. The largest absolute Gasteiger partial charge is 0.478 e. The molecule has 7 nitrogen and oxygen atoms in total. The Morgan fingerprint density at radius 2 is 2.12 bits per heavy atom. The fourth-order valence-corrected chi connectivity index (χ4v) is 2.91. The molecule has 0 fully saturated rings. The first-order valence-corrected chi connectivity index (χ1v) is 7.84. The lowest BCUT2D eigenvalue weighted by Crippen LogP contribution is -2.25. The van der Waals surface area contributed by atoms with E-state index in [2.05, 4.69) is 9.97 Å². The number of aliphatic hydroxyl groups is 1. The molecule has 0 bridgehead atoms. The number of carboxylic acids is 1. The smallest absolute Gasteiger partial charge is 0.328 e. The Balaban J connectivity index is 2.24. The average molecular weight is 340 g/mol. The van der Waals surface area contributed by atoms with Crippen LogP contribution in [-0.2, 0) is 11.3 Å². The van der Waals surface area contributed by atoms with Crippen LogP contribution in [-0.4, -0.2) is 36.3 Å². The van der Waals surface area contributed by atoms with E-state index in [4.69, 9.17) is 10.8 Å². The Kier molecular flexibility index (Phi) is 3.96. The second kappa shape index (κ2) is 5.86. The highest BCUT2D eigenvalue weighted by Crippen LogP contribution is 2.30. The molecule has 4 N–H and O–H groups in total. The van der Waals surface area contributed by atoms with Gasteiger partial charge in [0.15, 0.2) is 5.82 Å². The fraction of sp³-hybridized carbons (Fsp3) is 0.278. The summed E-state index contributed by atoms with van der Waals surface area (Å²) in [7, 11) is 0. The van der Waals surface area contributed by atoms with Crippen molar-refractivity contribution in [2.45, 2.75) is 32.9 Å². The monoisotopic (exact) mass is 340 g/mol. The van der Waals surface area contributed by atoms with Crippen molar-refractivity contribution in [2.24, 2.45) is 0 Å². The van der Waals surface area contributed by atoms with Crippen LogP contribution in [0.2, 0.25) is 0 Å². The summed E-state index contributed by atoms with van der Waals surface area (Å²) >= 11 is 0. The SMILES string of the molecule is C/C(=C\C(=O)O)c1ccc2c(c1)nc(N)c1ncn(CC(C)(C)O)c12. The number of imidazole rings is 1. The number of carbonyl (C=O) groups is 1. The van der Waals surface area contributed by atoms with Gasteiger partial charge in [0.25, 0.3) is 0 Å². The average Bonchev–Trinajstić information content (AvgIpc) is 2.88. The van der Waals surface area contributed by atoms with E-state index in [0.29, 0.717) is 29.0 Å². The number of nitrogens with two attached hydrogens (primary N) is 1. The van der Waals surface area contributed by atoms with E-state index < -0.39 is 11.6 Å². The number of aliphatic carboxylic acids is 1. The lowest BCUT2D eigenvalue weighted by molar-refractivity contribution is -0.131. The number of fused-ring (bicyclic) bond motifs is 3. The molecule has 0 unspecified atom stereocenters. The van der Waals surface area contributed by atoms with E-state index in [9.17, 15) is 9.90 Å². The number of nitrogens with zero attached hydrogens (tertiary/aromatic N) is 3. The van der Waals surface area contributed by atoms with Gasteiger partial charge in [-0.3, -0.25) is 0 Å². The first-order chi connectivity index (χ1) is 11.7.